The van der Waals surface area contributed by atoms with Crippen molar-refractivity contribution in [2.24, 2.45) is 0 Å². The first-order valence-electron chi connectivity index (χ1n) is 8.61. The summed E-state index contributed by atoms with van der Waals surface area (Å²) < 4.78 is 46.5. The number of carbonyl (C=O) groups is 1. The lowest BCUT2D eigenvalue weighted by atomic mass is 10.2. The van der Waals surface area contributed by atoms with Crippen molar-refractivity contribution in [3.8, 4) is 5.75 Å². The Morgan fingerprint density at radius 2 is 2.07 bits per heavy atom. The van der Waals surface area contributed by atoms with Crippen LogP contribution in [0.4, 0.5) is 13.2 Å². The minimum atomic E-state index is -4.44. The molecule has 1 aromatic carbocycles. The second-order valence-electron chi connectivity index (χ2n) is 6.07. The predicted molar refractivity (Wildman–Crippen MR) is 98.5 cm³/mol. The molecular formula is C18H17ClF3N5O2. The van der Waals surface area contributed by atoms with Crippen LogP contribution in [0.2, 0.25) is 5.02 Å². The molecule has 11 heteroatoms. The van der Waals surface area contributed by atoms with Crippen molar-refractivity contribution in [3.63, 3.8) is 0 Å². The lowest BCUT2D eigenvalue weighted by Crippen LogP contribution is -2.26. The van der Waals surface area contributed by atoms with Crippen LogP contribution in [0, 0.1) is 0 Å². The highest BCUT2D eigenvalue weighted by Gasteiger charge is 2.30. The van der Waals surface area contributed by atoms with E-state index in [2.05, 4.69) is 15.5 Å². The maximum absolute atomic E-state index is 12.7. The number of alkyl halides is 3. The van der Waals surface area contributed by atoms with E-state index in [0.29, 0.717) is 24.5 Å². The van der Waals surface area contributed by atoms with E-state index in [-0.39, 0.29) is 24.1 Å². The largest absolute Gasteiger partial charge is 0.471 e. The second kappa shape index (κ2) is 8.99. The van der Waals surface area contributed by atoms with Gasteiger partial charge in [0.25, 0.3) is 5.91 Å². The van der Waals surface area contributed by atoms with E-state index in [1.807, 2.05) is 0 Å². The number of nitrogens with zero attached hydrogens (tertiary/aromatic N) is 4. The van der Waals surface area contributed by atoms with E-state index in [4.69, 9.17) is 16.3 Å². The average molecular weight is 428 g/mol. The average Bonchev–Trinajstić information content (AvgIpc) is 3.32. The molecule has 0 bridgehead atoms. The zero-order valence-corrected chi connectivity index (χ0v) is 15.8. The molecule has 0 spiro atoms. The van der Waals surface area contributed by atoms with Gasteiger partial charge in [0.15, 0.2) is 6.73 Å². The zero-order valence-electron chi connectivity index (χ0n) is 15.1. The molecule has 0 atom stereocenters. The lowest BCUT2D eigenvalue weighted by molar-refractivity contribution is -0.137. The number of carbonyl (C=O) groups excluding carboxylic acids is 1. The molecular weight excluding hydrogens is 411 g/mol. The van der Waals surface area contributed by atoms with E-state index in [1.165, 1.54) is 35.3 Å². The molecule has 29 heavy (non-hydrogen) atoms. The van der Waals surface area contributed by atoms with E-state index in [9.17, 15) is 18.0 Å². The topological polar surface area (TPSA) is 74.0 Å². The van der Waals surface area contributed by atoms with Gasteiger partial charge in [0, 0.05) is 25.5 Å². The maximum Gasteiger partial charge on any atom is 0.416 e. The first-order chi connectivity index (χ1) is 13.8. The molecule has 0 aliphatic heterocycles. The van der Waals surface area contributed by atoms with E-state index in [0.717, 1.165) is 12.1 Å². The standard InChI is InChI=1S/C18H17ClF3N5O2/c19-14-10-24-26(11-14)7-2-6-23-17(28)16-5-8-27(25-16)12-29-15-4-1-3-13(9-15)18(20,21)22/h1,3-5,8-11H,2,6-7,12H2,(H,23,28). The van der Waals surface area contributed by atoms with Crippen molar-refractivity contribution >= 4 is 17.5 Å². The van der Waals surface area contributed by atoms with Gasteiger partial charge in [-0.1, -0.05) is 17.7 Å². The minimum Gasteiger partial charge on any atom is -0.471 e. The van der Waals surface area contributed by atoms with Crippen LogP contribution in [0.15, 0.2) is 48.9 Å². The number of hydrogen-bond acceptors (Lipinski definition) is 4. The van der Waals surface area contributed by atoms with Gasteiger partial charge in [-0.15, -0.1) is 0 Å². The minimum absolute atomic E-state index is 0.0556. The monoisotopic (exact) mass is 427 g/mol. The first-order valence-corrected chi connectivity index (χ1v) is 8.99. The van der Waals surface area contributed by atoms with Crippen LogP contribution in [0.1, 0.15) is 22.5 Å². The summed E-state index contributed by atoms with van der Waals surface area (Å²) in [6.07, 6.45) is 0.945. The Labute approximate surface area is 169 Å². The molecule has 0 saturated heterocycles. The van der Waals surface area contributed by atoms with Gasteiger partial charge < -0.3 is 10.1 Å². The number of aromatic nitrogens is 4. The fraction of sp³-hybridized carbons (Fsp3) is 0.278. The Hall–Kier alpha value is -3.01. The van der Waals surface area contributed by atoms with E-state index in [1.54, 1.807) is 10.9 Å². The van der Waals surface area contributed by atoms with Gasteiger partial charge in [0.1, 0.15) is 11.4 Å². The highest BCUT2D eigenvalue weighted by molar-refractivity contribution is 6.30. The summed E-state index contributed by atoms with van der Waals surface area (Å²) >= 11 is 5.77. The molecule has 7 nitrogen and oxygen atoms in total. The number of halogens is 4. The molecule has 0 radical (unpaired) electrons. The van der Waals surface area contributed by atoms with Crippen molar-refractivity contribution in [2.75, 3.05) is 6.54 Å². The fourth-order valence-electron chi connectivity index (χ4n) is 2.45. The summed E-state index contributed by atoms with van der Waals surface area (Å²) in [4.78, 5) is 12.1. The fourth-order valence-corrected chi connectivity index (χ4v) is 2.61. The summed E-state index contributed by atoms with van der Waals surface area (Å²) in [5.74, 6) is -0.304. The van der Waals surface area contributed by atoms with Crippen molar-refractivity contribution in [1.29, 1.82) is 0 Å². The Morgan fingerprint density at radius 3 is 2.79 bits per heavy atom. The highest BCUT2D eigenvalue weighted by Crippen LogP contribution is 2.31. The molecule has 1 amide bonds. The van der Waals surface area contributed by atoms with Crippen molar-refractivity contribution < 1.29 is 22.7 Å². The van der Waals surface area contributed by atoms with Gasteiger partial charge in [-0.25, -0.2) is 4.68 Å². The Kier molecular flexibility index (Phi) is 6.42. The SMILES string of the molecule is O=C(NCCCn1cc(Cl)cn1)c1ccn(COc2cccc(C(F)(F)F)c2)n1. The summed E-state index contributed by atoms with van der Waals surface area (Å²) in [5.41, 5.74) is -0.618. The molecule has 0 aliphatic rings. The van der Waals surface area contributed by atoms with Crippen LogP contribution < -0.4 is 10.1 Å². The lowest BCUT2D eigenvalue weighted by Gasteiger charge is -2.10. The summed E-state index contributed by atoms with van der Waals surface area (Å²) in [7, 11) is 0. The number of nitrogens with one attached hydrogen (secondary N) is 1. The normalized spacial score (nSPS) is 11.4. The third-order valence-electron chi connectivity index (χ3n) is 3.85. The second-order valence-corrected chi connectivity index (χ2v) is 6.51. The summed E-state index contributed by atoms with van der Waals surface area (Å²) in [5, 5.41) is 11.4. The molecule has 2 heterocycles. The predicted octanol–water partition coefficient (Wildman–Crippen LogP) is 3.61. The first kappa shape index (κ1) is 20.7. The Balaban J connectivity index is 1.45. The molecule has 154 valence electrons. The number of ether oxygens (including phenoxy) is 1. The summed E-state index contributed by atoms with van der Waals surface area (Å²) in [6, 6.07) is 6.04. The number of benzene rings is 1. The molecule has 1 N–H and O–H groups in total. The third kappa shape index (κ3) is 5.98. The third-order valence-corrected chi connectivity index (χ3v) is 4.04. The van der Waals surface area contributed by atoms with Gasteiger partial charge >= 0.3 is 6.18 Å². The van der Waals surface area contributed by atoms with Crippen LogP contribution in [0.25, 0.3) is 0 Å². The molecule has 3 aromatic rings. The van der Waals surface area contributed by atoms with Gasteiger partial charge in [0.05, 0.1) is 16.8 Å². The van der Waals surface area contributed by atoms with Crippen molar-refractivity contribution in [1.82, 2.24) is 24.9 Å². The molecule has 0 unspecified atom stereocenters. The van der Waals surface area contributed by atoms with Gasteiger partial charge in [-0.3, -0.25) is 9.48 Å². The van der Waals surface area contributed by atoms with Gasteiger partial charge in [0.2, 0.25) is 0 Å². The van der Waals surface area contributed by atoms with Crippen LogP contribution in [-0.2, 0) is 19.5 Å². The Bertz CT molecular complexity index is 970. The molecule has 3 rings (SSSR count). The highest BCUT2D eigenvalue weighted by atomic mass is 35.5. The van der Waals surface area contributed by atoms with Gasteiger partial charge in [-0.05, 0) is 30.7 Å². The number of amides is 1. The van der Waals surface area contributed by atoms with Crippen LogP contribution >= 0.6 is 11.6 Å². The van der Waals surface area contributed by atoms with Crippen LogP contribution in [0.3, 0.4) is 0 Å². The van der Waals surface area contributed by atoms with Gasteiger partial charge in [-0.2, -0.15) is 23.4 Å². The van der Waals surface area contributed by atoms with E-state index >= 15 is 0 Å². The molecule has 0 saturated carbocycles. The van der Waals surface area contributed by atoms with E-state index < -0.39 is 11.7 Å². The zero-order chi connectivity index (χ0) is 20.9. The summed E-state index contributed by atoms with van der Waals surface area (Å²) in [6.45, 7) is 0.894. The number of rotatable bonds is 8. The van der Waals surface area contributed by atoms with Crippen LogP contribution in [0.5, 0.6) is 5.75 Å². The Morgan fingerprint density at radius 1 is 1.24 bits per heavy atom. The van der Waals surface area contributed by atoms with Crippen molar-refractivity contribution in [3.05, 3.63) is 65.2 Å². The van der Waals surface area contributed by atoms with Crippen LogP contribution in [-0.4, -0.2) is 32.0 Å². The number of hydrogen-bond donors (Lipinski definition) is 1. The quantitative estimate of drug-likeness (QED) is 0.557. The number of aryl methyl sites for hydroxylation is 1. The molecule has 0 aliphatic carbocycles. The molecule has 0 fully saturated rings. The molecule has 2 aromatic heterocycles. The van der Waals surface area contributed by atoms with Crippen molar-refractivity contribution in [2.45, 2.75) is 25.9 Å². The smallest absolute Gasteiger partial charge is 0.416 e. The maximum atomic E-state index is 12.7.